The number of fused-ring (bicyclic) bond motifs is 2. The van der Waals surface area contributed by atoms with Crippen molar-refractivity contribution in [3.8, 4) is 11.4 Å². The zero-order valence-corrected chi connectivity index (χ0v) is 16.6. The van der Waals surface area contributed by atoms with E-state index in [2.05, 4.69) is 24.8 Å². The van der Waals surface area contributed by atoms with Crippen molar-refractivity contribution in [2.45, 2.75) is 39.4 Å². The number of aromatic amines is 1. The van der Waals surface area contributed by atoms with Crippen molar-refractivity contribution in [1.82, 2.24) is 34.5 Å². The molecule has 9 nitrogen and oxygen atoms in total. The van der Waals surface area contributed by atoms with Gasteiger partial charge in [-0.25, -0.2) is 4.68 Å². The minimum atomic E-state index is -0.271. The second-order valence-corrected chi connectivity index (χ2v) is 8.23. The first-order chi connectivity index (χ1) is 13.9. The van der Waals surface area contributed by atoms with E-state index in [1.807, 2.05) is 56.0 Å². The Bertz CT molecular complexity index is 1250. The first kappa shape index (κ1) is 17.6. The van der Waals surface area contributed by atoms with Gasteiger partial charge in [-0.15, -0.1) is 10.2 Å². The van der Waals surface area contributed by atoms with E-state index in [4.69, 9.17) is 4.98 Å². The smallest absolute Gasteiger partial charge is 0.263 e. The number of H-pyrrole nitrogens is 1. The van der Waals surface area contributed by atoms with E-state index in [9.17, 15) is 4.79 Å². The third-order valence-electron chi connectivity index (χ3n) is 5.15. The highest BCUT2D eigenvalue weighted by Crippen LogP contribution is 2.24. The number of hydrogen-bond donors (Lipinski definition) is 1. The number of anilines is 1. The lowest BCUT2D eigenvalue weighted by Gasteiger charge is -2.28. The SMILES string of the molecule is CC(C)(C)n1ncc2c(=O)[nH]c(N3CCn4c(nnc4-c4ccccc4)C3)nc21. The Morgan fingerprint density at radius 2 is 1.86 bits per heavy atom. The summed E-state index contributed by atoms with van der Waals surface area (Å²) in [5, 5.41) is 13.6. The topological polar surface area (TPSA) is 97.5 Å². The molecule has 0 atom stereocenters. The maximum absolute atomic E-state index is 12.6. The number of benzene rings is 1. The summed E-state index contributed by atoms with van der Waals surface area (Å²) in [6.45, 7) is 8.05. The standard InChI is InChI=1S/C20H22N8O/c1-20(2,3)28-17-14(11-21-28)18(29)23-19(22-17)26-9-10-27-15(12-26)24-25-16(27)13-7-5-4-6-8-13/h4-8,11H,9-10,12H2,1-3H3,(H,22,23,29). The van der Waals surface area contributed by atoms with Crippen LogP contribution in [0.5, 0.6) is 0 Å². The minimum Gasteiger partial charge on any atom is -0.333 e. The van der Waals surface area contributed by atoms with E-state index in [-0.39, 0.29) is 11.1 Å². The fraction of sp³-hybridized carbons (Fsp3) is 0.350. The van der Waals surface area contributed by atoms with Gasteiger partial charge < -0.3 is 9.47 Å². The zero-order valence-electron chi connectivity index (χ0n) is 16.6. The average Bonchev–Trinajstić information content (AvgIpc) is 3.32. The molecule has 0 spiro atoms. The maximum Gasteiger partial charge on any atom is 0.263 e. The highest BCUT2D eigenvalue weighted by molar-refractivity contribution is 5.74. The third kappa shape index (κ3) is 2.89. The summed E-state index contributed by atoms with van der Waals surface area (Å²) in [6.07, 6.45) is 1.58. The van der Waals surface area contributed by atoms with Crippen LogP contribution in [0.4, 0.5) is 5.95 Å². The van der Waals surface area contributed by atoms with E-state index < -0.39 is 0 Å². The van der Waals surface area contributed by atoms with Crippen molar-refractivity contribution < 1.29 is 0 Å². The summed E-state index contributed by atoms with van der Waals surface area (Å²) in [7, 11) is 0. The van der Waals surface area contributed by atoms with Crippen LogP contribution in [0.25, 0.3) is 22.4 Å². The van der Waals surface area contributed by atoms with E-state index in [0.717, 1.165) is 17.2 Å². The van der Waals surface area contributed by atoms with Gasteiger partial charge in [-0.2, -0.15) is 10.1 Å². The Kier molecular flexibility index (Phi) is 3.80. The molecule has 29 heavy (non-hydrogen) atoms. The van der Waals surface area contributed by atoms with Gasteiger partial charge in [-0.1, -0.05) is 30.3 Å². The molecule has 0 saturated carbocycles. The third-order valence-corrected chi connectivity index (χ3v) is 5.15. The first-order valence-corrected chi connectivity index (χ1v) is 9.63. The van der Waals surface area contributed by atoms with Crippen LogP contribution in [0.15, 0.2) is 41.3 Å². The van der Waals surface area contributed by atoms with Crippen molar-refractivity contribution in [3.63, 3.8) is 0 Å². The van der Waals surface area contributed by atoms with Crippen molar-refractivity contribution in [3.05, 3.63) is 52.7 Å². The van der Waals surface area contributed by atoms with Gasteiger partial charge in [-0.05, 0) is 20.8 Å². The summed E-state index contributed by atoms with van der Waals surface area (Å²) < 4.78 is 3.92. The molecular weight excluding hydrogens is 368 g/mol. The lowest BCUT2D eigenvalue weighted by atomic mass is 10.1. The Hall–Kier alpha value is -3.49. The number of hydrogen-bond acceptors (Lipinski definition) is 6. The fourth-order valence-electron chi connectivity index (χ4n) is 3.69. The molecule has 1 aliphatic heterocycles. The highest BCUT2D eigenvalue weighted by Gasteiger charge is 2.25. The predicted octanol–water partition coefficient (Wildman–Crippen LogP) is 2.15. The molecule has 5 rings (SSSR count). The minimum absolute atomic E-state index is 0.183. The summed E-state index contributed by atoms with van der Waals surface area (Å²) in [5.41, 5.74) is 1.18. The maximum atomic E-state index is 12.6. The molecule has 148 valence electrons. The van der Waals surface area contributed by atoms with Crippen LogP contribution in [0, 0.1) is 0 Å². The average molecular weight is 390 g/mol. The van der Waals surface area contributed by atoms with Gasteiger partial charge in [0, 0.05) is 18.7 Å². The van der Waals surface area contributed by atoms with Crippen LogP contribution in [-0.2, 0) is 18.6 Å². The second-order valence-electron chi connectivity index (χ2n) is 8.23. The monoisotopic (exact) mass is 390 g/mol. The number of aromatic nitrogens is 7. The molecule has 0 fully saturated rings. The molecule has 0 unspecified atom stereocenters. The lowest BCUT2D eigenvalue weighted by Crippen LogP contribution is -2.36. The summed E-state index contributed by atoms with van der Waals surface area (Å²) >= 11 is 0. The van der Waals surface area contributed by atoms with Gasteiger partial charge in [0.15, 0.2) is 17.3 Å². The molecule has 4 heterocycles. The largest absolute Gasteiger partial charge is 0.333 e. The quantitative estimate of drug-likeness (QED) is 0.563. The van der Waals surface area contributed by atoms with Crippen molar-refractivity contribution >= 4 is 17.0 Å². The van der Waals surface area contributed by atoms with Gasteiger partial charge in [0.1, 0.15) is 5.39 Å². The molecule has 0 saturated heterocycles. The van der Waals surface area contributed by atoms with Gasteiger partial charge in [-0.3, -0.25) is 9.78 Å². The van der Waals surface area contributed by atoms with E-state index in [1.54, 1.807) is 10.9 Å². The fourth-order valence-corrected chi connectivity index (χ4v) is 3.69. The molecule has 1 aliphatic rings. The summed E-state index contributed by atoms with van der Waals surface area (Å²) in [5.74, 6) is 2.24. The van der Waals surface area contributed by atoms with Crippen molar-refractivity contribution in [2.75, 3.05) is 11.4 Å². The first-order valence-electron chi connectivity index (χ1n) is 9.63. The molecule has 4 aromatic rings. The van der Waals surface area contributed by atoms with Crippen LogP contribution in [0.2, 0.25) is 0 Å². The molecule has 9 heteroatoms. The predicted molar refractivity (Wildman–Crippen MR) is 110 cm³/mol. The lowest BCUT2D eigenvalue weighted by molar-refractivity contribution is 0.366. The van der Waals surface area contributed by atoms with Crippen molar-refractivity contribution in [1.29, 1.82) is 0 Å². The van der Waals surface area contributed by atoms with Crippen LogP contribution < -0.4 is 10.5 Å². The van der Waals surface area contributed by atoms with Gasteiger partial charge >= 0.3 is 0 Å². The van der Waals surface area contributed by atoms with Gasteiger partial charge in [0.05, 0.1) is 18.3 Å². The van der Waals surface area contributed by atoms with Gasteiger partial charge in [0.25, 0.3) is 5.56 Å². The van der Waals surface area contributed by atoms with Crippen LogP contribution in [0.1, 0.15) is 26.6 Å². The normalized spacial score (nSPS) is 14.4. The van der Waals surface area contributed by atoms with E-state index in [0.29, 0.717) is 36.6 Å². The molecule has 0 radical (unpaired) electrons. The molecule has 1 N–H and O–H groups in total. The van der Waals surface area contributed by atoms with Crippen LogP contribution >= 0.6 is 0 Å². The number of nitrogens with zero attached hydrogens (tertiary/aromatic N) is 7. The number of rotatable bonds is 2. The Labute approximate surface area is 167 Å². The Morgan fingerprint density at radius 1 is 1.07 bits per heavy atom. The van der Waals surface area contributed by atoms with Crippen LogP contribution in [0.3, 0.4) is 0 Å². The molecule has 1 aromatic carbocycles. The highest BCUT2D eigenvalue weighted by atomic mass is 16.1. The molecular formula is C20H22N8O. The van der Waals surface area contributed by atoms with Crippen LogP contribution in [-0.4, -0.2) is 41.1 Å². The van der Waals surface area contributed by atoms with E-state index >= 15 is 0 Å². The zero-order chi connectivity index (χ0) is 20.2. The Balaban J connectivity index is 1.52. The Morgan fingerprint density at radius 3 is 2.62 bits per heavy atom. The van der Waals surface area contributed by atoms with Gasteiger partial charge in [0.2, 0.25) is 5.95 Å². The van der Waals surface area contributed by atoms with E-state index in [1.165, 1.54) is 0 Å². The van der Waals surface area contributed by atoms with Crippen molar-refractivity contribution in [2.24, 2.45) is 0 Å². The summed E-state index contributed by atoms with van der Waals surface area (Å²) in [6, 6.07) is 10.0. The summed E-state index contributed by atoms with van der Waals surface area (Å²) in [4.78, 5) is 22.3. The molecule has 0 aliphatic carbocycles. The molecule has 0 amide bonds. The number of nitrogens with one attached hydrogen (secondary N) is 1. The second kappa shape index (κ2) is 6.26. The molecule has 0 bridgehead atoms. The molecule has 3 aromatic heterocycles.